The van der Waals surface area contributed by atoms with Gasteiger partial charge in [0.1, 0.15) is 36.2 Å². The van der Waals surface area contributed by atoms with E-state index in [2.05, 4.69) is 4.98 Å². The van der Waals surface area contributed by atoms with Gasteiger partial charge >= 0.3 is 0 Å². The number of carbonyl (C=O) groups is 1. The molecule has 30 heavy (non-hydrogen) atoms. The molecule has 3 rings (SSSR count). The highest BCUT2D eigenvalue weighted by atomic mass is 16.5. The van der Waals surface area contributed by atoms with Crippen molar-refractivity contribution in [1.29, 1.82) is 0 Å². The highest BCUT2D eigenvalue weighted by Gasteiger charge is 2.20. The molecule has 0 radical (unpaired) electrons. The predicted molar refractivity (Wildman–Crippen MR) is 112 cm³/mol. The molecule has 1 aromatic heterocycles. The fourth-order valence-corrected chi connectivity index (χ4v) is 2.90. The van der Waals surface area contributed by atoms with Crippen LogP contribution in [0.4, 0.5) is 10.1 Å². The fraction of sp³-hybridized carbons (Fsp3) is 0.217. The van der Waals surface area contributed by atoms with Gasteiger partial charge in [0.2, 0.25) is 11.8 Å². The lowest BCUT2D eigenvalue weighted by Crippen LogP contribution is -2.28. The largest absolute Gasteiger partial charge is 0.497 e. The first-order valence-corrected chi connectivity index (χ1v) is 9.44. The van der Waals surface area contributed by atoms with Gasteiger partial charge in [0.15, 0.2) is 0 Å². The molecule has 0 N–H and O–H groups in total. The van der Waals surface area contributed by atoms with Crippen LogP contribution in [0.15, 0.2) is 66.9 Å². The Morgan fingerprint density at radius 1 is 1.07 bits per heavy atom. The number of rotatable bonds is 9. The third kappa shape index (κ3) is 5.26. The second-order valence-electron chi connectivity index (χ2n) is 6.36. The number of halogens is 1. The van der Waals surface area contributed by atoms with Crippen LogP contribution in [-0.4, -0.2) is 31.3 Å². The first kappa shape index (κ1) is 21.1. The third-order valence-electron chi connectivity index (χ3n) is 4.31. The van der Waals surface area contributed by atoms with Crippen LogP contribution in [0.2, 0.25) is 0 Å². The monoisotopic (exact) mass is 407 g/mol. The predicted octanol–water partition coefficient (Wildman–Crippen LogP) is 4.78. The first-order valence-electron chi connectivity index (χ1n) is 9.44. The van der Waals surface area contributed by atoms with Crippen molar-refractivity contribution >= 4 is 11.6 Å². The number of hydrogen-bond donors (Lipinski definition) is 0. The van der Waals surface area contributed by atoms with E-state index in [0.717, 1.165) is 0 Å². The SMILES string of the molecule is COc1ccc(OCC[16F])c(CN(C(C)=O)c2cccnc2Oc2ccccc2)c1. The maximum atomic E-state index is 12.6. The van der Waals surface area contributed by atoms with Gasteiger partial charge in [-0.25, -0.2) is 9.37 Å². The molecule has 0 unspecified atom stereocenters. The number of amides is 1. The van der Waals surface area contributed by atoms with E-state index in [4.69, 9.17) is 14.2 Å². The molecule has 1 heterocycles. The van der Waals surface area contributed by atoms with Crippen molar-refractivity contribution in [1.82, 2.24) is 4.98 Å². The summed E-state index contributed by atoms with van der Waals surface area (Å²) in [5.41, 5.74) is 1.18. The summed E-state index contributed by atoms with van der Waals surface area (Å²) in [5.74, 6) is 1.78. The second-order valence-corrected chi connectivity index (χ2v) is 6.36. The Balaban J connectivity index is 1.95. The molecule has 0 spiro atoms. The molecule has 0 atom stereocenters. The van der Waals surface area contributed by atoms with Crippen LogP contribution in [-0.2, 0) is 11.3 Å². The van der Waals surface area contributed by atoms with Crippen LogP contribution in [0.1, 0.15) is 12.5 Å². The van der Waals surface area contributed by atoms with Gasteiger partial charge in [-0.3, -0.25) is 4.79 Å². The highest BCUT2D eigenvalue weighted by Crippen LogP contribution is 2.33. The summed E-state index contributed by atoms with van der Waals surface area (Å²) < 4.78 is 29.3. The molecule has 0 saturated carbocycles. The molecular formula is C23H23FN2O4. The minimum atomic E-state index is -0.612. The van der Waals surface area contributed by atoms with Gasteiger partial charge in [0.25, 0.3) is 0 Å². The van der Waals surface area contributed by atoms with Gasteiger partial charge in [-0.05, 0) is 42.5 Å². The van der Waals surface area contributed by atoms with Gasteiger partial charge in [-0.2, -0.15) is 0 Å². The first-order chi connectivity index (χ1) is 14.6. The Bertz CT molecular complexity index is 982. The van der Waals surface area contributed by atoms with Gasteiger partial charge in [0.05, 0.1) is 13.7 Å². The molecule has 3 aromatic rings. The van der Waals surface area contributed by atoms with Crippen molar-refractivity contribution in [2.75, 3.05) is 25.3 Å². The summed E-state index contributed by atoms with van der Waals surface area (Å²) in [5, 5.41) is 0. The van der Waals surface area contributed by atoms with Crippen LogP contribution < -0.4 is 19.1 Å². The Labute approximate surface area is 174 Å². The molecule has 0 saturated heterocycles. The molecular weight excluding hydrogens is 384 g/mol. The number of anilines is 1. The van der Waals surface area contributed by atoms with Crippen LogP contribution in [0.25, 0.3) is 0 Å². The van der Waals surface area contributed by atoms with E-state index in [1.54, 1.807) is 43.6 Å². The summed E-state index contributed by atoms with van der Waals surface area (Å²) in [6, 6.07) is 17.9. The zero-order valence-electron chi connectivity index (χ0n) is 16.9. The topological polar surface area (TPSA) is 60.9 Å². The summed E-state index contributed by atoms with van der Waals surface area (Å²) in [6.45, 7) is 0.945. The Morgan fingerprint density at radius 3 is 2.57 bits per heavy atom. The second kappa shape index (κ2) is 10.2. The number of benzene rings is 2. The molecule has 156 valence electrons. The van der Waals surface area contributed by atoms with Crippen molar-refractivity contribution in [3.8, 4) is 23.1 Å². The third-order valence-corrected chi connectivity index (χ3v) is 4.31. The molecule has 7 heteroatoms. The number of ether oxygens (including phenoxy) is 3. The quantitative estimate of drug-likeness (QED) is 0.511. The molecule has 0 aliphatic heterocycles. The number of pyridine rings is 1. The number of hydrogen-bond acceptors (Lipinski definition) is 5. The number of carbonyl (C=O) groups excluding carboxylic acids is 1. The Hall–Kier alpha value is -3.61. The van der Waals surface area contributed by atoms with Crippen molar-refractivity contribution in [3.63, 3.8) is 0 Å². The van der Waals surface area contributed by atoms with Crippen LogP contribution >= 0.6 is 0 Å². The van der Waals surface area contributed by atoms with E-state index in [-0.39, 0.29) is 19.1 Å². The van der Waals surface area contributed by atoms with E-state index >= 15 is 0 Å². The summed E-state index contributed by atoms with van der Waals surface area (Å²) in [4.78, 5) is 18.4. The maximum Gasteiger partial charge on any atom is 0.243 e. The zero-order valence-corrected chi connectivity index (χ0v) is 16.9. The maximum absolute atomic E-state index is 12.6. The minimum Gasteiger partial charge on any atom is -0.497 e. The van der Waals surface area contributed by atoms with E-state index in [1.165, 1.54) is 11.8 Å². The highest BCUT2D eigenvalue weighted by molar-refractivity contribution is 5.92. The number of para-hydroxylation sites is 1. The van der Waals surface area contributed by atoms with Gasteiger partial charge in [0, 0.05) is 18.7 Å². The van der Waals surface area contributed by atoms with E-state index in [9.17, 15) is 9.18 Å². The van der Waals surface area contributed by atoms with Gasteiger partial charge in [-0.15, -0.1) is 0 Å². The number of alkyl halides is 1. The smallest absolute Gasteiger partial charge is 0.243 e. The summed E-state index contributed by atoms with van der Waals surface area (Å²) >= 11 is 0. The van der Waals surface area contributed by atoms with Crippen molar-refractivity contribution in [3.05, 3.63) is 72.4 Å². The molecule has 2 aromatic carbocycles. The van der Waals surface area contributed by atoms with Crippen molar-refractivity contribution in [2.45, 2.75) is 13.5 Å². The lowest BCUT2D eigenvalue weighted by Gasteiger charge is -2.24. The Kier molecular flexibility index (Phi) is 7.21. The lowest BCUT2D eigenvalue weighted by molar-refractivity contribution is -0.116. The summed E-state index contributed by atoms with van der Waals surface area (Å²) in [7, 11) is 1.55. The number of nitrogens with zero attached hydrogens (tertiary/aromatic N) is 2. The normalized spacial score (nSPS) is 10.4. The minimum absolute atomic E-state index is 0.0747. The summed E-state index contributed by atoms with van der Waals surface area (Å²) in [6.07, 6.45) is 1.60. The van der Waals surface area contributed by atoms with Gasteiger partial charge in [-0.1, -0.05) is 18.2 Å². The average molecular weight is 407 g/mol. The molecule has 0 fully saturated rings. The van der Waals surface area contributed by atoms with E-state index in [1.807, 2.05) is 30.3 Å². The van der Waals surface area contributed by atoms with Gasteiger partial charge < -0.3 is 19.1 Å². The van der Waals surface area contributed by atoms with Crippen LogP contribution in [0.5, 0.6) is 23.1 Å². The van der Waals surface area contributed by atoms with Crippen LogP contribution in [0.3, 0.4) is 0 Å². The molecule has 1 amide bonds. The molecule has 0 bridgehead atoms. The van der Waals surface area contributed by atoms with Crippen molar-refractivity contribution < 1.29 is 23.4 Å². The fourth-order valence-electron chi connectivity index (χ4n) is 2.90. The molecule has 0 aliphatic carbocycles. The zero-order chi connectivity index (χ0) is 21.3. The van der Waals surface area contributed by atoms with E-state index < -0.39 is 6.67 Å². The van der Waals surface area contributed by atoms with Crippen molar-refractivity contribution in [2.24, 2.45) is 0 Å². The Morgan fingerprint density at radius 2 is 1.87 bits per heavy atom. The standard InChI is InChI=1S/C23H23FN2O4/c1-17(27)26(16-18-15-20(28-2)10-11-22(18)29-14-12-24)21-9-6-13-25-23(21)30-19-7-4-3-5-8-19/h3-11,13,15H,12,14,16H2,1-2H3/i24-3. The van der Waals surface area contributed by atoms with E-state index in [0.29, 0.717) is 34.4 Å². The molecule has 0 aliphatic rings. The number of aromatic nitrogens is 1. The van der Waals surface area contributed by atoms with Crippen LogP contribution in [0, 0.1) is 0 Å². The molecule has 6 nitrogen and oxygen atoms in total. The average Bonchev–Trinajstić information content (AvgIpc) is 2.77. The number of methoxy groups -OCH3 is 1. The lowest BCUT2D eigenvalue weighted by atomic mass is 10.1.